The zero-order valence-electron chi connectivity index (χ0n) is 13.5. The van der Waals surface area contributed by atoms with E-state index in [1.54, 1.807) is 0 Å². The molecule has 0 spiro atoms. The second kappa shape index (κ2) is 8.73. The molecule has 134 valence electrons. The molecule has 2 rings (SSSR count). The minimum absolute atomic E-state index is 0.106. The first kappa shape index (κ1) is 19.1. The summed E-state index contributed by atoms with van der Waals surface area (Å²) in [5.41, 5.74) is 1.12. The van der Waals surface area contributed by atoms with Crippen molar-refractivity contribution >= 4 is 17.7 Å². The molecule has 1 aromatic carbocycles. The van der Waals surface area contributed by atoms with Crippen molar-refractivity contribution in [2.24, 2.45) is 0 Å². The van der Waals surface area contributed by atoms with E-state index in [9.17, 15) is 18.0 Å². The molecule has 1 aromatic rings. The summed E-state index contributed by atoms with van der Waals surface area (Å²) >= 11 is 1.32. The monoisotopic (exact) mass is 361 g/mol. The number of thioether (sulfide) groups is 1. The SMILES string of the molecule is Cc1ccc(SCC(=O)NCC(N2CCNCC2)C(F)(F)F)cc1. The van der Waals surface area contributed by atoms with Gasteiger partial charge in [-0.2, -0.15) is 13.2 Å². The molecule has 0 aliphatic carbocycles. The maximum absolute atomic E-state index is 13.2. The van der Waals surface area contributed by atoms with E-state index in [1.165, 1.54) is 16.7 Å². The molecule has 1 fully saturated rings. The smallest absolute Gasteiger partial charge is 0.353 e. The van der Waals surface area contributed by atoms with Gasteiger partial charge < -0.3 is 10.6 Å². The Balaban J connectivity index is 1.81. The molecular weight excluding hydrogens is 339 g/mol. The molecule has 2 N–H and O–H groups in total. The fourth-order valence-corrected chi connectivity index (χ4v) is 3.22. The average Bonchev–Trinajstić information content (AvgIpc) is 2.54. The van der Waals surface area contributed by atoms with Gasteiger partial charge in [0.05, 0.1) is 5.75 Å². The molecule has 1 aliphatic rings. The van der Waals surface area contributed by atoms with Crippen LogP contribution in [0.5, 0.6) is 0 Å². The molecule has 8 heteroatoms. The number of amides is 1. The standard InChI is InChI=1S/C16H22F3N3OS/c1-12-2-4-13(5-3-12)24-11-15(23)21-10-14(16(17,18)19)22-8-6-20-7-9-22/h2-5,14,20H,6-11H2,1H3,(H,21,23). The quantitative estimate of drug-likeness (QED) is 0.761. The van der Waals surface area contributed by atoms with E-state index in [0.717, 1.165) is 10.5 Å². The van der Waals surface area contributed by atoms with Crippen molar-refractivity contribution in [1.82, 2.24) is 15.5 Å². The number of alkyl halides is 3. The van der Waals surface area contributed by atoms with Crippen molar-refractivity contribution in [3.05, 3.63) is 29.8 Å². The second-order valence-electron chi connectivity index (χ2n) is 5.75. The van der Waals surface area contributed by atoms with Crippen LogP contribution in [0.15, 0.2) is 29.2 Å². The number of nitrogens with one attached hydrogen (secondary N) is 2. The van der Waals surface area contributed by atoms with Crippen molar-refractivity contribution in [2.45, 2.75) is 24.0 Å². The average molecular weight is 361 g/mol. The molecule has 1 unspecified atom stereocenters. The van der Waals surface area contributed by atoms with E-state index in [4.69, 9.17) is 0 Å². The lowest BCUT2D eigenvalue weighted by Crippen LogP contribution is -2.57. The molecule has 1 amide bonds. The summed E-state index contributed by atoms with van der Waals surface area (Å²) in [6, 6.07) is 6.03. The van der Waals surface area contributed by atoms with Crippen molar-refractivity contribution in [3.63, 3.8) is 0 Å². The molecule has 1 atom stereocenters. The zero-order valence-corrected chi connectivity index (χ0v) is 14.3. The third kappa shape index (κ3) is 5.99. The highest BCUT2D eigenvalue weighted by Crippen LogP contribution is 2.25. The number of carbonyl (C=O) groups is 1. The van der Waals surface area contributed by atoms with Gasteiger partial charge in [-0.1, -0.05) is 17.7 Å². The van der Waals surface area contributed by atoms with E-state index in [-0.39, 0.29) is 11.7 Å². The Morgan fingerprint density at radius 3 is 2.50 bits per heavy atom. The van der Waals surface area contributed by atoms with Crippen molar-refractivity contribution in [2.75, 3.05) is 38.5 Å². The first-order chi connectivity index (χ1) is 11.4. The van der Waals surface area contributed by atoms with Crippen LogP contribution in [0.4, 0.5) is 13.2 Å². The van der Waals surface area contributed by atoms with Gasteiger partial charge in [-0.3, -0.25) is 9.69 Å². The lowest BCUT2D eigenvalue weighted by molar-refractivity contribution is -0.183. The number of hydrogen-bond acceptors (Lipinski definition) is 4. The fourth-order valence-electron chi connectivity index (χ4n) is 2.49. The normalized spacial score (nSPS) is 17.5. The predicted octanol–water partition coefficient (Wildman–Crippen LogP) is 2.04. The molecule has 24 heavy (non-hydrogen) atoms. The molecule has 0 saturated carbocycles. The molecule has 4 nitrogen and oxygen atoms in total. The Labute approximate surface area is 144 Å². The van der Waals surface area contributed by atoms with Crippen LogP contribution >= 0.6 is 11.8 Å². The zero-order chi connectivity index (χ0) is 17.6. The van der Waals surface area contributed by atoms with Crippen LogP contribution in [0.3, 0.4) is 0 Å². The Morgan fingerprint density at radius 1 is 1.29 bits per heavy atom. The number of carbonyl (C=O) groups excluding carboxylic acids is 1. The molecule has 0 aromatic heterocycles. The number of nitrogens with zero attached hydrogens (tertiary/aromatic N) is 1. The summed E-state index contributed by atoms with van der Waals surface area (Å²) < 4.78 is 39.7. The van der Waals surface area contributed by atoms with Crippen LogP contribution in [-0.2, 0) is 4.79 Å². The van der Waals surface area contributed by atoms with Crippen LogP contribution in [0.1, 0.15) is 5.56 Å². The predicted molar refractivity (Wildman–Crippen MR) is 89.2 cm³/mol. The number of rotatable bonds is 6. The van der Waals surface area contributed by atoms with E-state index >= 15 is 0 Å². The Hall–Kier alpha value is -1.25. The summed E-state index contributed by atoms with van der Waals surface area (Å²) in [5.74, 6) is -0.278. The molecule has 1 aliphatic heterocycles. The number of halogens is 3. The minimum Gasteiger partial charge on any atom is -0.353 e. The Bertz CT molecular complexity index is 530. The maximum Gasteiger partial charge on any atom is 0.405 e. The molecule has 0 bridgehead atoms. The van der Waals surface area contributed by atoms with Crippen LogP contribution in [-0.4, -0.2) is 61.5 Å². The van der Waals surface area contributed by atoms with Gasteiger partial charge in [0, 0.05) is 37.6 Å². The van der Waals surface area contributed by atoms with E-state index in [0.29, 0.717) is 26.2 Å². The Kier molecular flexibility index (Phi) is 6.94. The van der Waals surface area contributed by atoms with Gasteiger partial charge in [-0.05, 0) is 19.1 Å². The number of piperazine rings is 1. The summed E-state index contributed by atoms with van der Waals surface area (Å²) in [4.78, 5) is 14.2. The van der Waals surface area contributed by atoms with Crippen LogP contribution < -0.4 is 10.6 Å². The minimum atomic E-state index is -4.35. The van der Waals surface area contributed by atoms with Crippen LogP contribution in [0.2, 0.25) is 0 Å². The van der Waals surface area contributed by atoms with E-state index < -0.39 is 18.8 Å². The van der Waals surface area contributed by atoms with Gasteiger partial charge >= 0.3 is 6.18 Å². The topological polar surface area (TPSA) is 44.4 Å². The third-order valence-corrected chi connectivity index (χ3v) is 4.87. The van der Waals surface area contributed by atoms with Gasteiger partial charge in [0.15, 0.2) is 0 Å². The van der Waals surface area contributed by atoms with Crippen LogP contribution in [0, 0.1) is 6.92 Å². The highest BCUT2D eigenvalue weighted by atomic mass is 32.2. The number of benzene rings is 1. The highest BCUT2D eigenvalue weighted by Gasteiger charge is 2.43. The molecule has 0 radical (unpaired) electrons. The summed E-state index contributed by atoms with van der Waals surface area (Å²) in [6.07, 6.45) is -4.35. The fraction of sp³-hybridized carbons (Fsp3) is 0.562. The summed E-state index contributed by atoms with van der Waals surface area (Å²) in [6.45, 7) is 3.29. The third-order valence-electron chi connectivity index (χ3n) is 3.85. The van der Waals surface area contributed by atoms with E-state index in [1.807, 2.05) is 31.2 Å². The lowest BCUT2D eigenvalue weighted by atomic mass is 10.2. The molecule has 1 saturated heterocycles. The van der Waals surface area contributed by atoms with Crippen molar-refractivity contribution in [1.29, 1.82) is 0 Å². The van der Waals surface area contributed by atoms with Gasteiger partial charge in [0.1, 0.15) is 6.04 Å². The summed E-state index contributed by atoms with van der Waals surface area (Å²) in [7, 11) is 0. The first-order valence-electron chi connectivity index (χ1n) is 7.84. The maximum atomic E-state index is 13.2. The Morgan fingerprint density at radius 2 is 1.92 bits per heavy atom. The van der Waals surface area contributed by atoms with Gasteiger partial charge in [-0.25, -0.2) is 0 Å². The van der Waals surface area contributed by atoms with Gasteiger partial charge in [-0.15, -0.1) is 11.8 Å². The second-order valence-corrected chi connectivity index (χ2v) is 6.80. The van der Waals surface area contributed by atoms with Crippen LogP contribution in [0.25, 0.3) is 0 Å². The highest BCUT2D eigenvalue weighted by molar-refractivity contribution is 8.00. The number of aryl methyl sites for hydroxylation is 1. The van der Waals surface area contributed by atoms with Gasteiger partial charge in [0.25, 0.3) is 0 Å². The molecular formula is C16H22F3N3OS. The number of hydrogen-bond donors (Lipinski definition) is 2. The summed E-state index contributed by atoms with van der Waals surface area (Å²) in [5, 5.41) is 5.45. The lowest BCUT2D eigenvalue weighted by Gasteiger charge is -2.35. The van der Waals surface area contributed by atoms with Crippen molar-refractivity contribution < 1.29 is 18.0 Å². The van der Waals surface area contributed by atoms with Gasteiger partial charge in [0.2, 0.25) is 5.91 Å². The largest absolute Gasteiger partial charge is 0.405 e. The molecule has 1 heterocycles. The first-order valence-corrected chi connectivity index (χ1v) is 8.82. The van der Waals surface area contributed by atoms with E-state index in [2.05, 4.69) is 10.6 Å². The van der Waals surface area contributed by atoms with Crippen molar-refractivity contribution in [3.8, 4) is 0 Å².